The fourth-order valence-electron chi connectivity index (χ4n) is 6.87. The molecule has 2 N–H and O–H groups in total. The van der Waals surface area contributed by atoms with Crippen molar-refractivity contribution in [1.82, 2.24) is 30.3 Å². The lowest BCUT2D eigenvalue weighted by molar-refractivity contribution is -0.145. The van der Waals surface area contributed by atoms with Gasteiger partial charge in [0, 0.05) is 55.5 Å². The lowest BCUT2D eigenvalue weighted by atomic mass is 9.90. The Morgan fingerprint density at radius 3 is 2.18 bits per heavy atom. The Morgan fingerprint density at radius 1 is 1.00 bits per heavy atom. The van der Waals surface area contributed by atoms with Gasteiger partial charge in [-0.3, -0.25) is 29.1 Å². The smallest absolute Gasteiger partial charge is 0.242 e. The molecule has 0 saturated carbocycles. The number of hydrogen-bond acceptors (Lipinski definition) is 8. The van der Waals surface area contributed by atoms with Gasteiger partial charge >= 0.3 is 0 Å². The molecule has 12 nitrogen and oxygen atoms in total. The minimum Gasteiger partial charge on any atom is -0.379 e. The van der Waals surface area contributed by atoms with Crippen LogP contribution < -0.4 is 10.6 Å². The number of nitrogens with one attached hydrogen (secondary N) is 2. The molecular formula is C38H72N6O6. The van der Waals surface area contributed by atoms with E-state index in [4.69, 9.17) is 9.47 Å². The zero-order valence-electron chi connectivity index (χ0n) is 33.0. The van der Waals surface area contributed by atoms with E-state index in [9.17, 15) is 19.2 Å². The molecule has 1 fully saturated rings. The van der Waals surface area contributed by atoms with Crippen molar-refractivity contribution in [2.45, 2.75) is 117 Å². The monoisotopic (exact) mass is 709 g/mol. The summed E-state index contributed by atoms with van der Waals surface area (Å²) in [4.78, 5) is 62.9. The number of ether oxygens (including phenoxy) is 2. The molecule has 4 unspecified atom stereocenters. The van der Waals surface area contributed by atoms with E-state index >= 15 is 0 Å². The molecule has 1 aromatic rings. The van der Waals surface area contributed by atoms with E-state index in [0.29, 0.717) is 19.5 Å². The Labute approximate surface area is 305 Å². The third-order valence-corrected chi connectivity index (χ3v) is 9.58. The van der Waals surface area contributed by atoms with Crippen LogP contribution in [-0.4, -0.2) is 129 Å². The summed E-state index contributed by atoms with van der Waals surface area (Å²) >= 11 is 0. The molecule has 0 radical (unpaired) electrons. The fraction of sp³-hybridized carbons (Fsp3) is 0.763. The number of methoxy groups -OCH3 is 2. The van der Waals surface area contributed by atoms with Crippen molar-refractivity contribution in [3.63, 3.8) is 0 Å². The number of carbonyl (C=O) groups is 4. The standard InChI is InChI=1S/C35H60N6O6.C3H8.2H2/c1-11-24(4)32(40(8)30(43)22-38-35(45)31(23(2)3)39(6)7)28(46-9)21-29(42)41-20-14-16-27(41)33(47-10)25(5)34(44)37-19-17-26-15-12-13-18-36-26;1-3-2;;/h12-13,15,18,23-25,27-28,31-33H,11,14,16-17,19-22H2,1-10H3,(H,37,44)(H,38,45);3H2,1-2H3;2*1H/t24?,25?,27?,28-,31?,32+,33-;;;/m1.../s1. The highest BCUT2D eigenvalue weighted by atomic mass is 16.5. The van der Waals surface area contributed by atoms with Crippen LogP contribution in [-0.2, 0) is 35.1 Å². The summed E-state index contributed by atoms with van der Waals surface area (Å²) in [5.74, 6) is -1.05. The number of carbonyl (C=O) groups excluding carboxylic acids is 4. The maximum Gasteiger partial charge on any atom is 0.242 e. The molecule has 4 amide bonds. The van der Waals surface area contributed by atoms with Crippen molar-refractivity contribution in [3.8, 4) is 0 Å². The molecule has 290 valence electrons. The molecular weight excluding hydrogens is 636 g/mol. The molecule has 7 atom stereocenters. The quantitative estimate of drug-likeness (QED) is 0.218. The van der Waals surface area contributed by atoms with E-state index in [2.05, 4.69) is 29.5 Å². The minimum absolute atomic E-state index is 0. The molecule has 2 heterocycles. The zero-order chi connectivity index (χ0) is 38.0. The van der Waals surface area contributed by atoms with E-state index < -0.39 is 24.2 Å². The Kier molecular flexibility index (Phi) is 21.0. The van der Waals surface area contributed by atoms with E-state index in [1.807, 2.05) is 76.7 Å². The minimum atomic E-state index is -0.568. The molecule has 2 rings (SSSR count). The molecule has 0 aromatic carbocycles. The molecule has 1 saturated heterocycles. The second-order valence-corrected chi connectivity index (χ2v) is 14.1. The van der Waals surface area contributed by atoms with Crippen molar-refractivity contribution >= 4 is 23.6 Å². The van der Waals surface area contributed by atoms with Gasteiger partial charge in [-0.25, -0.2) is 0 Å². The van der Waals surface area contributed by atoms with Gasteiger partial charge < -0.3 is 29.9 Å². The predicted octanol–water partition coefficient (Wildman–Crippen LogP) is 4.27. The summed E-state index contributed by atoms with van der Waals surface area (Å²) in [5.41, 5.74) is 0.904. The maximum atomic E-state index is 13.9. The van der Waals surface area contributed by atoms with Crippen LogP contribution in [0.25, 0.3) is 0 Å². The number of rotatable bonds is 19. The summed E-state index contributed by atoms with van der Waals surface area (Å²) < 4.78 is 11.8. The largest absolute Gasteiger partial charge is 0.379 e. The summed E-state index contributed by atoms with van der Waals surface area (Å²) in [6, 6.07) is 4.70. The van der Waals surface area contributed by atoms with Crippen molar-refractivity contribution in [3.05, 3.63) is 30.1 Å². The summed E-state index contributed by atoms with van der Waals surface area (Å²) in [6.45, 7) is 15.0. The molecule has 0 bridgehead atoms. The fourth-order valence-corrected chi connectivity index (χ4v) is 6.87. The van der Waals surface area contributed by atoms with Crippen LogP contribution in [0.15, 0.2) is 24.4 Å². The van der Waals surface area contributed by atoms with Gasteiger partial charge in [0.1, 0.15) is 0 Å². The van der Waals surface area contributed by atoms with Gasteiger partial charge in [0.2, 0.25) is 23.6 Å². The first-order chi connectivity index (χ1) is 23.7. The molecule has 12 heteroatoms. The molecule has 1 aromatic heterocycles. The molecule has 1 aliphatic heterocycles. The third kappa shape index (κ3) is 13.6. The number of aromatic nitrogens is 1. The summed E-state index contributed by atoms with van der Waals surface area (Å²) in [6.07, 6.45) is 4.93. The van der Waals surface area contributed by atoms with Gasteiger partial charge in [-0.15, -0.1) is 0 Å². The van der Waals surface area contributed by atoms with Crippen molar-refractivity contribution < 1.29 is 31.5 Å². The van der Waals surface area contributed by atoms with Crippen LogP contribution >= 0.6 is 0 Å². The summed E-state index contributed by atoms with van der Waals surface area (Å²) in [7, 11) is 8.55. The topological polar surface area (TPSA) is 133 Å². The van der Waals surface area contributed by atoms with Crippen molar-refractivity contribution in [2.24, 2.45) is 17.8 Å². The second kappa shape index (κ2) is 23.4. The van der Waals surface area contributed by atoms with Crippen LogP contribution in [0.3, 0.4) is 0 Å². The van der Waals surface area contributed by atoms with Gasteiger partial charge in [0.25, 0.3) is 0 Å². The highest BCUT2D eigenvalue weighted by Crippen LogP contribution is 2.29. The van der Waals surface area contributed by atoms with Gasteiger partial charge in [0.05, 0.1) is 49.2 Å². The van der Waals surface area contributed by atoms with Gasteiger partial charge in [-0.1, -0.05) is 67.4 Å². The number of amides is 4. The van der Waals surface area contributed by atoms with E-state index in [0.717, 1.165) is 25.0 Å². The number of hydrogen-bond donors (Lipinski definition) is 2. The van der Waals surface area contributed by atoms with Crippen LogP contribution in [0.2, 0.25) is 0 Å². The van der Waals surface area contributed by atoms with Crippen LogP contribution in [0.5, 0.6) is 0 Å². The first-order valence-electron chi connectivity index (χ1n) is 18.4. The van der Waals surface area contributed by atoms with Crippen molar-refractivity contribution in [1.29, 1.82) is 0 Å². The Morgan fingerprint density at radius 2 is 1.66 bits per heavy atom. The maximum absolute atomic E-state index is 13.9. The van der Waals surface area contributed by atoms with Gasteiger partial charge in [-0.2, -0.15) is 0 Å². The predicted molar refractivity (Wildman–Crippen MR) is 203 cm³/mol. The number of nitrogens with zero attached hydrogens (tertiary/aromatic N) is 4. The van der Waals surface area contributed by atoms with Gasteiger partial charge in [0.15, 0.2) is 0 Å². The molecule has 0 aliphatic carbocycles. The average Bonchev–Trinajstić information content (AvgIpc) is 3.57. The lowest BCUT2D eigenvalue weighted by Gasteiger charge is -2.39. The number of pyridine rings is 1. The van der Waals surface area contributed by atoms with Crippen LogP contribution in [0.4, 0.5) is 0 Å². The number of likely N-dealkylation sites (tertiary alicyclic amines) is 1. The van der Waals surface area contributed by atoms with E-state index in [1.165, 1.54) is 6.42 Å². The normalized spacial score (nSPS) is 18.0. The first-order valence-corrected chi connectivity index (χ1v) is 18.4. The van der Waals surface area contributed by atoms with Crippen molar-refractivity contribution in [2.75, 3.05) is 55.0 Å². The van der Waals surface area contributed by atoms with Crippen LogP contribution in [0.1, 0.15) is 89.1 Å². The van der Waals surface area contributed by atoms with Crippen LogP contribution in [0, 0.1) is 17.8 Å². The molecule has 1 aliphatic rings. The highest BCUT2D eigenvalue weighted by Gasteiger charge is 2.42. The Bertz CT molecular complexity index is 1160. The Balaban J connectivity index is 0. The second-order valence-electron chi connectivity index (χ2n) is 14.1. The lowest BCUT2D eigenvalue weighted by Crippen LogP contribution is -2.55. The highest BCUT2D eigenvalue weighted by molar-refractivity contribution is 5.87. The third-order valence-electron chi connectivity index (χ3n) is 9.58. The SMILES string of the molecule is CCC.CCC(C)[C@@H]([C@@H](CC(=O)N1CCCC1[C@H](OC)C(C)C(=O)NCCc1ccccn1)OC)N(C)C(=O)CNC(=O)C(C(C)C)N(C)C.[HH].[HH]. The number of likely N-dealkylation sites (N-methyl/N-ethyl adjacent to an activating group) is 2. The molecule has 0 spiro atoms. The Hall–Kier alpha value is -3.09. The summed E-state index contributed by atoms with van der Waals surface area (Å²) in [5, 5.41) is 5.81. The van der Waals surface area contributed by atoms with E-state index in [-0.39, 0.29) is 63.4 Å². The zero-order valence-corrected chi connectivity index (χ0v) is 33.0. The van der Waals surface area contributed by atoms with Gasteiger partial charge in [-0.05, 0) is 50.9 Å². The van der Waals surface area contributed by atoms with E-state index in [1.54, 1.807) is 32.4 Å². The first kappa shape index (κ1) is 44.9. The average molecular weight is 709 g/mol. The molecule has 50 heavy (non-hydrogen) atoms.